The Hall–Kier alpha value is -3.13. The van der Waals surface area contributed by atoms with E-state index in [2.05, 4.69) is 5.32 Å². The van der Waals surface area contributed by atoms with Crippen LogP contribution in [-0.2, 0) is 4.79 Å². The third-order valence-electron chi connectivity index (χ3n) is 4.76. The lowest BCUT2D eigenvalue weighted by Gasteiger charge is -2.35. The van der Waals surface area contributed by atoms with Crippen LogP contribution in [0.5, 0.6) is 0 Å². The molecule has 0 amide bonds. The Kier molecular flexibility index (Phi) is 4.77. The lowest BCUT2D eigenvalue weighted by atomic mass is 9.82. The maximum absolute atomic E-state index is 12.5. The van der Waals surface area contributed by atoms with Gasteiger partial charge in [0.1, 0.15) is 5.78 Å². The first-order valence-electron chi connectivity index (χ1n) is 8.14. The molecule has 26 heavy (non-hydrogen) atoms. The van der Waals surface area contributed by atoms with Gasteiger partial charge in [0.25, 0.3) is 11.4 Å². The summed E-state index contributed by atoms with van der Waals surface area (Å²) in [5, 5.41) is 25.0. The lowest BCUT2D eigenvalue weighted by molar-refractivity contribution is -0.385. The van der Waals surface area contributed by atoms with E-state index >= 15 is 0 Å². The van der Waals surface area contributed by atoms with Gasteiger partial charge in [-0.15, -0.1) is 0 Å². The molecule has 3 rings (SSSR count). The second-order valence-electron chi connectivity index (χ2n) is 6.35. The summed E-state index contributed by atoms with van der Waals surface area (Å²) in [5.74, 6) is -0.193. The lowest BCUT2D eigenvalue weighted by Crippen LogP contribution is -2.41. The van der Waals surface area contributed by atoms with Crippen molar-refractivity contribution in [3.05, 3.63) is 79.9 Å². The summed E-state index contributed by atoms with van der Waals surface area (Å²) in [6, 6.07) is 11.7. The molecule has 3 atom stereocenters. The molecule has 0 saturated carbocycles. The molecule has 0 unspecified atom stereocenters. The smallest absolute Gasteiger partial charge is 0.269 e. The van der Waals surface area contributed by atoms with Crippen molar-refractivity contribution in [3.63, 3.8) is 0 Å². The maximum atomic E-state index is 12.5. The van der Waals surface area contributed by atoms with E-state index in [1.807, 2.05) is 6.92 Å². The minimum Gasteiger partial charge on any atom is -0.302 e. The van der Waals surface area contributed by atoms with Gasteiger partial charge >= 0.3 is 0 Å². The third kappa shape index (κ3) is 3.45. The summed E-state index contributed by atoms with van der Waals surface area (Å²) in [6.07, 6.45) is 0.294. The van der Waals surface area contributed by atoms with Crippen molar-refractivity contribution >= 4 is 17.2 Å². The first-order valence-corrected chi connectivity index (χ1v) is 8.14. The Morgan fingerprint density at radius 3 is 1.81 bits per heavy atom. The van der Waals surface area contributed by atoms with Crippen molar-refractivity contribution in [1.29, 1.82) is 0 Å². The highest BCUT2D eigenvalue weighted by molar-refractivity contribution is 5.83. The van der Waals surface area contributed by atoms with Crippen LogP contribution in [0.2, 0.25) is 0 Å². The number of piperidine rings is 1. The number of benzene rings is 2. The number of carbonyl (C=O) groups excluding carboxylic acids is 1. The first-order chi connectivity index (χ1) is 12.4. The molecule has 1 aliphatic rings. The van der Waals surface area contributed by atoms with Crippen molar-refractivity contribution in [2.24, 2.45) is 5.92 Å². The van der Waals surface area contributed by atoms with Crippen LogP contribution in [0.3, 0.4) is 0 Å². The quantitative estimate of drug-likeness (QED) is 0.663. The highest BCUT2D eigenvalue weighted by Crippen LogP contribution is 2.35. The molecule has 8 nitrogen and oxygen atoms in total. The molecule has 0 spiro atoms. The predicted octanol–water partition coefficient (Wildman–Crippen LogP) is 3.48. The van der Waals surface area contributed by atoms with Crippen molar-refractivity contribution in [1.82, 2.24) is 5.32 Å². The van der Waals surface area contributed by atoms with Crippen LogP contribution in [-0.4, -0.2) is 15.6 Å². The maximum Gasteiger partial charge on any atom is 0.269 e. The number of hydrogen-bond acceptors (Lipinski definition) is 6. The van der Waals surface area contributed by atoms with Crippen LogP contribution in [0.1, 0.15) is 36.6 Å². The Morgan fingerprint density at radius 1 is 0.885 bits per heavy atom. The van der Waals surface area contributed by atoms with Crippen LogP contribution in [0.25, 0.3) is 0 Å². The second-order valence-corrected chi connectivity index (χ2v) is 6.35. The number of Topliss-reactive ketones (excluding diaryl/α,β-unsaturated/α-hetero) is 1. The van der Waals surface area contributed by atoms with E-state index in [0.717, 1.165) is 11.1 Å². The van der Waals surface area contributed by atoms with Gasteiger partial charge in [-0.2, -0.15) is 0 Å². The van der Waals surface area contributed by atoms with Gasteiger partial charge in [0, 0.05) is 48.7 Å². The minimum absolute atomic E-state index is 0.00354. The number of ketones is 1. The minimum atomic E-state index is -0.467. The molecule has 0 aliphatic carbocycles. The van der Waals surface area contributed by atoms with Crippen molar-refractivity contribution < 1.29 is 14.6 Å². The molecule has 0 radical (unpaired) electrons. The standard InChI is InChI=1S/C18H17N3O5/c1-11-17(22)10-16(12-2-6-14(7-3-12)20(23)24)19-18(11)13-4-8-15(9-5-13)21(25)26/h2-9,11,16,18-19H,10H2,1H3/t11-,16+,18+/m1/s1. The van der Waals surface area contributed by atoms with Gasteiger partial charge in [-0.1, -0.05) is 31.2 Å². The van der Waals surface area contributed by atoms with Gasteiger partial charge in [-0.3, -0.25) is 25.0 Å². The van der Waals surface area contributed by atoms with E-state index in [0.29, 0.717) is 6.42 Å². The highest BCUT2D eigenvalue weighted by Gasteiger charge is 2.35. The molecule has 134 valence electrons. The highest BCUT2D eigenvalue weighted by atomic mass is 16.6. The van der Waals surface area contributed by atoms with Gasteiger partial charge in [0.05, 0.1) is 9.85 Å². The summed E-state index contributed by atoms with van der Waals surface area (Å²) in [6.45, 7) is 1.83. The van der Waals surface area contributed by atoms with Gasteiger partial charge in [-0.05, 0) is 11.1 Å². The van der Waals surface area contributed by atoms with Gasteiger partial charge < -0.3 is 5.32 Å². The molecule has 1 N–H and O–H groups in total. The summed E-state index contributed by atoms with van der Waals surface area (Å²) in [5.41, 5.74) is 1.58. The molecule has 0 bridgehead atoms. The molecule has 1 saturated heterocycles. The average molecular weight is 355 g/mol. The van der Waals surface area contributed by atoms with Crippen molar-refractivity contribution in [2.45, 2.75) is 25.4 Å². The van der Waals surface area contributed by atoms with E-state index < -0.39 is 9.85 Å². The number of non-ortho nitro benzene ring substituents is 2. The number of rotatable bonds is 4. The molecule has 8 heteroatoms. The fourth-order valence-corrected chi connectivity index (χ4v) is 3.22. The number of nitrogens with one attached hydrogen (secondary N) is 1. The van der Waals surface area contributed by atoms with Crippen LogP contribution in [0.4, 0.5) is 11.4 Å². The molecule has 1 fully saturated rings. The van der Waals surface area contributed by atoms with E-state index in [9.17, 15) is 25.0 Å². The Labute approximate surface area is 149 Å². The predicted molar refractivity (Wildman–Crippen MR) is 93.6 cm³/mol. The Bertz CT molecular complexity index is 848. The van der Waals surface area contributed by atoms with Crippen LogP contribution in [0.15, 0.2) is 48.5 Å². The van der Waals surface area contributed by atoms with Crippen LogP contribution >= 0.6 is 0 Å². The normalized spacial score (nSPS) is 22.8. The SMILES string of the molecule is C[C@@H]1C(=O)C[C@@H](c2ccc([N+](=O)[O-])cc2)N[C@@H]1c1ccc([N+](=O)[O-])cc1. The monoisotopic (exact) mass is 355 g/mol. The number of nitro benzene ring substituents is 2. The van der Waals surface area contributed by atoms with Gasteiger partial charge in [0.2, 0.25) is 0 Å². The van der Waals surface area contributed by atoms with Gasteiger partial charge in [0.15, 0.2) is 0 Å². The summed E-state index contributed by atoms with van der Waals surface area (Å²) >= 11 is 0. The fourth-order valence-electron chi connectivity index (χ4n) is 3.22. The average Bonchev–Trinajstić information content (AvgIpc) is 2.64. The summed E-state index contributed by atoms with van der Waals surface area (Å²) in [7, 11) is 0. The van der Waals surface area contributed by atoms with Gasteiger partial charge in [-0.25, -0.2) is 0 Å². The number of carbonyl (C=O) groups is 1. The molecule has 1 aliphatic heterocycles. The third-order valence-corrected chi connectivity index (χ3v) is 4.76. The zero-order valence-electron chi connectivity index (χ0n) is 14.0. The first kappa shape index (κ1) is 17.7. The van der Waals surface area contributed by atoms with E-state index in [1.54, 1.807) is 24.3 Å². The summed E-state index contributed by atoms with van der Waals surface area (Å²) in [4.78, 5) is 33.1. The second kappa shape index (κ2) is 7.01. The molecule has 2 aromatic carbocycles. The van der Waals surface area contributed by atoms with Crippen LogP contribution < -0.4 is 5.32 Å². The molecule has 1 heterocycles. The van der Waals surface area contributed by atoms with Crippen molar-refractivity contribution in [3.8, 4) is 0 Å². The molecular formula is C18H17N3O5. The number of hydrogen-bond donors (Lipinski definition) is 1. The zero-order chi connectivity index (χ0) is 18.8. The topological polar surface area (TPSA) is 115 Å². The molecular weight excluding hydrogens is 338 g/mol. The van der Waals surface area contributed by atoms with E-state index in [-0.39, 0.29) is 35.2 Å². The van der Waals surface area contributed by atoms with Crippen LogP contribution in [0, 0.1) is 26.1 Å². The molecule has 2 aromatic rings. The van der Waals surface area contributed by atoms with E-state index in [4.69, 9.17) is 0 Å². The largest absolute Gasteiger partial charge is 0.302 e. The zero-order valence-corrected chi connectivity index (χ0v) is 14.0. The van der Waals surface area contributed by atoms with E-state index in [1.165, 1.54) is 24.3 Å². The fraction of sp³-hybridized carbons (Fsp3) is 0.278. The van der Waals surface area contributed by atoms with Crippen molar-refractivity contribution in [2.75, 3.05) is 0 Å². The molecule has 0 aromatic heterocycles. The number of nitro groups is 2. The number of nitrogens with zero attached hydrogens (tertiary/aromatic N) is 2. The summed E-state index contributed by atoms with van der Waals surface area (Å²) < 4.78 is 0. The Balaban J connectivity index is 1.85. The Morgan fingerprint density at radius 2 is 1.35 bits per heavy atom.